The second-order valence-electron chi connectivity index (χ2n) is 2.71. The minimum atomic E-state index is -4.54. The molecule has 0 unspecified atom stereocenters. The first-order chi connectivity index (χ1) is 6.86. The molecule has 4 N–H and O–H groups in total. The molecule has 0 amide bonds. The number of oxime groups is 1. The topological polar surface area (TPSA) is 78.8 Å². The first kappa shape index (κ1) is 11.2. The highest BCUT2D eigenvalue weighted by atomic mass is 19.4. The molecule has 0 saturated carbocycles. The molecule has 0 fully saturated rings. The smallest absolute Gasteiger partial charge is 0.416 e. The minimum absolute atomic E-state index is 0.368. The number of rotatable bonds is 1. The van der Waals surface area contributed by atoms with Gasteiger partial charge in [-0.3, -0.25) is 0 Å². The Labute approximate surface area is 82.4 Å². The van der Waals surface area contributed by atoms with Gasteiger partial charge in [-0.15, -0.1) is 0 Å². The summed E-state index contributed by atoms with van der Waals surface area (Å²) >= 11 is 0. The molecule has 1 aromatic carbocycles. The number of hydrogen-bond donors (Lipinski definition) is 3. The zero-order chi connectivity index (χ0) is 11.6. The number of aromatic hydroxyl groups is 1. The lowest BCUT2D eigenvalue weighted by Gasteiger charge is -2.09. The first-order valence-electron chi connectivity index (χ1n) is 3.74. The van der Waals surface area contributed by atoms with Gasteiger partial charge in [-0.2, -0.15) is 13.2 Å². The van der Waals surface area contributed by atoms with Crippen LogP contribution in [-0.4, -0.2) is 16.1 Å². The number of nitrogens with two attached hydrogens (primary N) is 1. The Morgan fingerprint density at radius 3 is 2.40 bits per heavy atom. The monoisotopic (exact) mass is 220 g/mol. The SMILES string of the molecule is NC(=NO)c1cc(C(F)(F)F)ccc1O. The van der Waals surface area contributed by atoms with Crippen LogP contribution in [0.15, 0.2) is 23.4 Å². The minimum Gasteiger partial charge on any atom is -0.507 e. The van der Waals surface area contributed by atoms with Crippen molar-refractivity contribution in [2.24, 2.45) is 10.9 Å². The predicted molar refractivity (Wildman–Crippen MR) is 45.6 cm³/mol. The zero-order valence-corrected chi connectivity index (χ0v) is 7.28. The summed E-state index contributed by atoms with van der Waals surface area (Å²) < 4.78 is 36.7. The number of phenols is 1. The van der Waals surface area contributed by atoms with Crippen molar-refractivity contribution in [2.45, 2.75) is 6.18 Å². The average Bonchev–Trinajstić information content (AvgIpc) is 2.15. The Bertz CT molecular complexity index is 401. The molecule has 0 saturated heterocycles. The lowest BCUT2D eigenvalue weighted by Crippen LogP contribution is -2.15. The summed E-state index contributed by atoms with van der Waals surface area (Å²) in [7, 11) is 0. The Kier molecular flexibility index (Phi) is 2.74. The van der Waals surface area contributed by atoms with Crippen LogP contribution < -0.4 is 5.73 Å². The van der Waals surface area contributed by atoms with Gasteiger partial charge in [0, 0.05) is 0 Å². The third-order valence-corrected chi connectivity index (χ3v) is 1.71. The number of halogens is 3. The maximum atomic E-state index is 12.2. The second-order valence-corrected chi connectivity index (χ2v) is 2.71. The maximum absolute atomic E-state index is 12.2. The molecule has 1 rings (SSSR count). The molecule has 1 aromatic rings. The van der Waals surface area contributed by atoms with Gasteiger partial charge in [-0.1, -0.05) is 5.16 Å². The van der Waals surface area contributed by atoms with Crippen molar-refractivity contribution in [2.75, 3.05) is 0 Å². The number of hydrogen-bond acceptors (Lipinski definition) is 3. The lowest BCUT2D eigenvalue weighted by atomic mass is 10.1. The fourth-order valence-electron chi connectivity index (χ4n) is 0.971. The van der Waals surface area contributed by atoms with E-state index in [9.17, 15) is 13.2 Å². The molecule has 0 bridgehead atoms. The molecule has 82 valence electrons. The van der Waals surface area contributed by atoms with E-state index in [2.05, 4.69) is 5.16 Å². The van der Waals surface area contributed by atoms with Crippen LogP contribution in [0.25, 0.3) is 0 Å². The molecule has 0 heterocycles. The van der Waals surface area contributed by atoms with Crippen LogP contribution in [0.5, 0.6) is 5.75 Å². The molecule has 0 radical (unpaired) electrons. The highest BCUT2D eigenvalue weighted by Gasteiger charge is 2.31. The summed E-state index contributed by atoms with van der Waals surface area (Å²) in [5.74, 6) is -1.07. The number of amidine groups is 1. The Hall–Kier alpha value is -1.92. The van der Waals surface area contributed by atoms with E-state index in [-0.39, 0.29) is 5.56 Å². The van der Waals surface area contributed by atoms with Gasteiger partial charge in [0.05, 0.1) is 11.1 Å². The highest BCUT2D eigenvalue weighted by Crippen LogP contribution is 2.31. The van der Waals surface area contributed by atoms with Gasteiger partial charge in [-0.25, -0.2) is 0 Å². The molecule has 0 aliphatic carbocycles. The molecular weight excluding hydrogens is 213 g/mol. The Morgan fingerprint density at radius 1 is 1.33 bits per heavy atom. The largest absolute Gasteiger partial charge is 0.507 e. The standard InChI is InChI=1S/C8H7F3N2O2/c9-8(10,11)4-1-2-6(14)5(3-4)7(12)13-15/h1-3,14-15H,(H2,12,13). The van der Waals surface area contributed by atoms with Crippen LogP contribution in [-0.2, 0) is 6.18 Å². The second kappa shape index (κ2) is 3.68. The van der Waals surface area contributed by atoms with Crippen molar-refractivity contribution in [1.29, 1.82) is 0 Å². The third kappa shape index (κ3) is 2.30. The van der Waals surface area contributed by atoms with E-state index in [1.54, 1.807) is 0 Å². The number of alkyl halides is 3. The van der Waals surface area contributed by atoms with Crippen LogP contribution >= 0.6 is 0 Å². The molecule has 7 heteroatoms. The van der Waals surface area contributed by atoms with E-state index in [0.29, 0.717) is 12.1 Å². The van der Waals surface area contributed by atoms with Gasteiger partial charge in [-0.05, 0) is 18.2 Å². The molecule has 0 spiro atoms. The van der Waals surface area contributed by atoms with Crippen LogP contribution in [0.1, 0.15) is 11.1 Å². The van der Waals surface area contributed by atoms with Gasteiger partial charge >= 0.3 is 6.18 Å². The predicted octanol–water partition coefficient (Wildman–Crippen LogP) is 1.51. The summed E-state index contributed by atoms with van der Waals surface area (Å²) in [6.45, 7) is 0. The molecule has 15 heavy (non-hydrogen) atoms. The fraction of sp³-hybridized carbons (Fsp3) is 0.125. The van der Waals surface area contributed by atoms with Crippen LogP contribution in [0, 0.1) is 0 Å². The van der Waals surface area contributed by atoms with Crippen LogP contribution in [0.4, 0.5) is 13.2 Å². The zero-order valence-electron chi connectivity index (χ0n) is 7.28. The van der Waals surface area contributed by atoms with E-state index in [1.807, 2.05) is 0 Å². The van der Waals surface area contributed by atoms with E-state index < -0.39 is 23.3 Å². The van der Waals surface area contributed by atoms with Crippen molar-refractivity contribution in [3.63, 3.8) is 0 Å². The summed E-state index contributed by atoms with van der Waals surface area (Å²) in [4.78, 5) is 0. The number of phenolic OH excluding ortho intramolecular Hbond substituents is 1. The normalized spacial score (nSPS) is 12.9. The van der Waals surface area contributed by atoms with Crippen molar-refractivity contribution in [3.8, 4) is 5.75 Å². The van der Waals surface area contributed by atoms with Gasteiger partial charge in [0.25, 0.3) is 0 Å². The van der Waals surface area contributed by atoms with Gasteiger partial charge < -0.3 is 16.0 Å². The van der Waals surface area contributed by atoms with Crippen molar-refractivity contribution in [3.05, 3.63) is 29.3 Å². The van der Waals surface area contributed by atoms with E-state index in [4.69, 9.17) is 16.0 Å². The Balaban J connectivity index is 3.29. The fourth-order valence-corrected chi connectivity index (χ4v) is 0.971. The van der Waals surface area contributed by atoms with Gasteiger partial charge in [0.2, 0.25) is 0 Å². The molecular formula is C8H7F3N2O2. The maximum Gasteiger partial charge on any atom is 0.416 e. The summed E-state index contributed by atoms with van der Waals surface area (Å²) in [5, 5.41) is 19.9. The summed E-state index contributed by atoms with van der Waals surface area (Å²) in [5.41, 5.74) is 3.73. The quantitative estimate of drug-likeness (QED) is 0.290. The Morgan fingerprint density at radius 2 is 1.93 bits per heavy atom. The number of nitrogens with zero attached hydrogens (tertiary/aromatic N) is 1. The molecule has 4 nitrogen and oxygen atoms in total. The molecule has 0 aliphatic rings. The molecule has 0 atom stereocenters. The van der Waals surface area contributed by atoms with Gasteiger partial charge in [0.15, 0.2) is 5.84 Å². The van der Waals surface area contributed by atoms with Crippen molar-refractivity contribution < 1.29 is 23.5 Å². The van der Waals surface area contributed by atoms with Crippen LogP contribution in [0.2, 0.25) is 0 Å². The highest BCUT2D eigenvalue weighted by molar-refractivity contribution is 5.99. The number of benzene rings is 1. The van der Waals surface area contributed by atoms with E-state index in [0.717, 1.165) is 6.07 Å². The summed E-state index contributed by atoms with van der Waals surface area (Å²) in [6.07, 6.45) is -4.54. The average molecular weight is 220 g/mol. The lowest BCUT2D eigenvalue weighted by molar-refractivity contribution is -0.137. The van der Waals surface area contributed by atoms with Crippen LogP contribution in [0.3, 0.4) is 0 Å². The van der Waals surface area contributed by atoms with E-state index in [1.165, 1.54) is 0 Å². The van der Waals surface area contributed by atoms with Gasteiger partial charge in [0.1, 0.15) is 5.75 Å². The van der Waals surface area contributed by atoms with Crippen molar-refractivity contribution >= 4 is 5.84 Å². The molecule has 0 aliphatic heterocycles. The third-order valence-electron chi connectivity index (χ3n) is 1.71. The summed E-state index contributed by atoms with van der Waals surface area (Å²) in [6, 6.07) is 2.13. The first-order valence-corrected chi connectivity index (χ1v) is 3.74. The molecule has 0 aromatic heterocycles. The van der Waals surface area contributed by atoms with Crippen molar-refractivity contribution in [1.82, 2.24) is 0 Å². The van der Waals surface area contributed by atoms with E-state index >= 15 is 0 Å².